The summed E-state index contributed by atoms with van der Waals surface area (Å²) in [6.45, 7) is 0. The van der Waals surface area contributed by atoms with E-state index in [1.165, 1.54) is 0 Å². The summed E-state index contributed by atoms with van der Waals surface area (Å²) >= 11 is 0. The van der Waals surface area contributed by atoms with Gasteiger partial charge in [-0.15, -0.1) is 0 Å². The minimum absolute atomic E-state index is 0.186. The molecule has 0 atom stereocenters. The van der Waals surface area contributed by atoms with E-state index in [4.69, 9.17) is 9.97 Å². The van der Waals surface area contributed by atoms with Gasteiger partial charge in [-0.1, -0.05) is 0 Å². The van der Waals surface area contributed by atoms with Crippen LogP contribution in [-0.2, 0) is 20.5 Å². The van der Waals surface area contributed by atoms with Crippen molar-refractivity contribution in [1.29, 1.82) is 0 Å². The molecular formula is C21H26N8O. The van der Waals surface area contributed by atoms with Gasteiger partial charge in [0.2, 0.25) is 0 Å². The molecule has 0 saturated heterocycles. The van der Waals surface area contributed by atoms with Crippen molar-refractivity contribution in [2.24, 2.45) is 14.1 Å². The normalized spacial score (nSPS) is 19.4. The molecule has 0 amide bonds. The summed E-state index contributed by atoms with van der Waals surface area (Å²) in [6, 6.07) is 2.31. The van der Waals surface area contributed by atoms with E-state index in [9.17, 15) is 5.11 Å². The molecular weight excluding hydrogens is 380 g/mol. The van der Waals surface area contributed by atoms with Crippen LogP contribution >= 0.6 is 0 Å². The number of nitrogens with zero attached hydrogens (tertiary/aromatic N) is 7. The highest BCUT2D eigenvalue weighted by atomic mass is 16.3. The van der Waals surface area contributed by atoms with E-state index in [0.717, 1.165) is 59.6 Å². The maximum Gasteiger partial charge on any atom is 0.154 e. The van der Waals surface area contributed by atoms with Crippen LogP contribution in [0.1, 0.15) is 37.1 Å². The average molecular weight is 406 g/mol. The predicted octanol–water partition coefficient (Wildman–Crippen LogP) is 2.19. The fraction of sp³-hybridized carbons (Fsp3) is 0.429. The van der Waals surface area contributed by atoms with Gasteiger partial charge in [-0.05, 0) is 37.3 Å². The van der Waals surface area contributed by atoms with Gasteiger partial charge in [0, 0.05) is 45.1 Å². The highest BCUT2D eigenvalue weighted by Crippen LogP contribution is 2.29. The van der Waals surface area contributed by atoms with Crippen molar-refractivity contribution in [2.45, 2.75) is 44.2 Å². The molecule has 5 rings (SSSR count). The van der Waals surface area contributed by atoms with Crippen LogP contribution in [0.5, 0.6) is 0 Å². The molecule has 1 aliphatic rings. The number of nitrogens with one attached hydrogen (secondary N) is 1. The topological polar surface area (TPSA) is 98.6 Å². The minimum Gasteiger partial charge on any atom is -0.393 e. The summed E-state index contributed by atoms with van der Waals surface area (Å²) in [5.74, 6) is 1.59. The van der Waals surface area contributed by atoms with Crippen molar-refractivity contribution in [3.8, 4) is 5.69 Å². The Morgan fingerprint density at radius 1 is 1.03 bits per heavy atom. The largest absolute Gasteiger partial charge is 0.393 e. The molecule has 0 bridgehead atoms. The Morgan fingerprint density at radius 3 is 2.50 bits per heavy atom. The monoisotopic (exact) mass is 406 g/mol. The molecule has 1 aliphatic carbocycles. The molecule has 0 unspecified atom stereocenters. The average Bonchev–Trinajstić information content (AvgIpc) is 3.44. The van der Waals surface area contributed by atoms with Crippen LogP contribution < -0.4 is 5.32 Å². The van der Waals surface area contributed by atoms with Crippen LogP contribution in [-0.4, -0.2) is 51.3 Å². The number of aliphatic hydroxyl groups excluding tert-OH is 1. The molecule has 156 valence electrons. The second-order valence-corrected chi connectivity index (χ2v) is 8.13. The van der Waals surface area contributed by atoms with Gasteiger partial charge in [0.05, 0.1) is 29.7 Å². The van der Waals surface area contributed by atoms with Crippen molar-refractivity contribution in [3.63, 3.8) is 0 Å². The first-order chi connectivity index (χ1) is 14.5. The lowest BCUT2D eigenvalue weighted by Gasteiger charge is -2.27. The van der Waals surface area contributed by atoms with Crippen LogP contribution in [0.4, 0.5) is 5.82 Å². The number of aromatic nitrogens is 7. The van der Waals surface area contributed by atoms with E-state index >= 15 is 0 Å². The molecule has 1 saturated carbocycles. The number of anilines is 1. The molecule has 2 N–H and O–H groups in total. The molecule has 0 aromatic carbocycles. The Labute approximate surface area is 174 Å². The van der Waals surface area contributed by atoms with Crippen LogP contribution in [0.15, 0.2) is 37.1 Å². The molecule has 0 spiro atoms. The van der Waals surface area contributed by atoms with Gasteiger partial charge in [0.15, 0.2) is 5.82 Å². The molecule has 1 fully saturated rings. The van der Waals surface area contributed by atoms with E-state index in [1.807, 2.05) is 51.1 Å². The molecule has 0 radical (unpaired) electrons. The molecule has 30 heavy (non-hydrogen) atoms. The summed E-state index contributed by atoms with van der Waals surface area (Å²) in [7, 11) is 3.82. The van der Waals surface area contributed by atoms with E-state index in [1.54, 1.807) is 9.36 Å². The number of aliphatic hydroxyl groups is 1. The zero-order valence-corrected chi connectivity index (χ0v) is 17.2. The van der Waals surface area contributed by atoms with Gasteiger partial charge in [0.1, 0.15) is 11.3 Å². The quantitative estimate of drug-likeness (QED) is 0.527. The van der Waals surface area contributed by atoms with Crippen LogP contribution in [0.2, 0.25) is 0 Å². The van der Waals surface area contributed by atoms with Crippen LogP contribution in [0.3, 0.4) is 0 Å². The Morgan fingerprint density at radius 2 is 1.80 bits per heavy atom. The maximum atomic E-state index is 9.86. The third-order valence-corrected chi connectivity index (χ3v) is 5.71. The van der Waals surface area contributed by atoms with E-state index < -0.39 is 0 Å². The summed E-state index contributed by atoms with van der Waals surface area (Å²) in [4.78, 5) is 9.74. The Balaban J connectivity index is 1.55. The van der Waals surface area contributed by atoms with E-state index in [-0.39, 0.29) is 12.1 Å². The second-order valence-electron chi connectivity index (χ2n) is 8.13. The van der Waals surface area contributed by atoms with Crippen molar-refractivity contribution in [3.05, 3.63) is 48.4 Å². The number of aryl methyl sites for hydroxylation is 2. The third kappa shape index (κ3) is 3.68. The fourth-order valence-electron chi connectivity index (χ4n) is 4.18. The Hall–Kier alpha value is -3.20. The van der Waals surface area contributed by atoms with Gasteiger partial charge >= 0.3 is 0 Å². The zero-order valence-electron chi connectivity index (χ0n) is 17.2. The smallest absolute Gasteiger partial charge is 0.154 e. The van der Waals surface area contributed by atoms with Crippen molar-refractivity contribution in [1.82, 2.24) is 34.1 Å². The van der Waals surface area contributed by atoms with Crippen molar-refractivity contribution < 1.29 is 5.11 Å². The van der Waals surface area contributed by atoms with Gasteiger partial charge in [0.25, 0.3) is 0 Å². The lowest BCUT2D eigenvalue weighted by molar-refractivity contribution is 0.126. The van der Waals surface area contributed by atoms with Gasteiger partial charge in [-0.25, -0.2) is 9.97 Å². The summed E-state index contributed by atoms with van der Waals surface area (Å²) in [5.41, 5.74) is 3.89. The third-order valence-electron chi connectivity index (χ3n) is 5.71. The van der Waals surface area contributed by atoms with Crippen molar-refractivity contribution >= 4 is 16.9 Å². The first-order valence-electron chi connectivity index (χ1n) is 10.3. The first kappa shape index (κ1) is 18.8. The maximum absolute atomic E-state index is 9.86. The summed E-state index contributed by atoms with van der Waals surface area (Å²) < 4.78 is 5.66. The lowest BCUT2D eigenvalue weighted by Crippen LogP contribution is -2.29. The minimum atomic E-state index is -0.186. The summed E-state index contributed by atoms with van der Waals surface area (Å²) in [5, 5.41) is 22.1. The Bertz CT molecular complexity index is 1170. The fourth-order valence-corrected chi connectivity index (χ4v) is 4.18. The second kappa shape index (κ2) is 7.56. The SMILES string of the molecule is Cn1cc(Cc2nc(NC3CCC(O)CC3)c3c(ccn3-c3cnn(C)c3)n2)cn1. The Kier molecular flexibility index (Phi) is 4.74. The van der Waals surface area contributed by atoms with E-state index in [2.05, 4.69) is 20.1 Å². The number of hydrogen-bond acceptors (Lipinski definition) is 6. The van der Waals surface area contributed by atoms with Gasteiger partial charge in [-0.3, -0.25) is 9.36 Å². The predicted molar refractivity (Wildman–Crippen MR) is 114 cm³/mol. The first-order valence-corrected chi connectivity index (χ1v) is 10.3. The molecule has 0 aliphatic heterocycles. The highest BCUT2D eigenvalue weighted by Gasteiger charge is 2.22. The van der Waals surface area contributed by atoms with Crippen LogP contribution in [0.25, 0.3) is 16.7 Å². The summed E-state index contributed by atoms with van der Waals surface area (Å²) in [6.07, 6.45) is 13.6. The standard InChI is InChI=1S/C21H26N8O/c1-27-12-14(10-22-27)9-19-25-18-7-8-29(16-11-23-28(2)13-16)20(18)21(26-19)24-15-3-5-17(30)6-4-15/h7-8,10-13,15,17,30H,3-6,9H2,1-2H3,(H,24,25,26). The van der Waals surface area contributed by atoms with Crippen molar-refractivity contribution in [2.75, 3.05) is 5.32 Å². The number of fused-ring (bicyclic) bond motifs is 1. The number of hydrogen-bond donors (Lipinski definition) is 2. The van der Waals surface area contributed by atoms with Gasteiger partial charge < -0.3 is 15.0 Å². The zero-order chi connectivity index (χ0) is 20.7. The van der Waals surface area contributed by atoms with E-state index in [0.29, 0.717) is 6.42 Å². The van der Waals surface area contributed by atoms with Gasteiger partial charge in [-0.2, -0.15) is 10.2 Å². The number of rotatable bonds is 5. The molecule has 9 heteroatoms. The molecule has 9 nitrogen and oxygen atoms in total. The van der Waals surface area contributed by atoms with Crippen LogP contribution in [0, 0.1) is 0 Å². The lowest BCUT2D eigenvalue weighted by atomic mass is 9.93. The molecule has 4 aromatic heterocycles. The highest BCUT2D eigenvalue weighted by molar-refractivity contribution is 5.88. The molecule has 4 aromatic rings. The molecule has 4 heterocycles.